The second kappa shape index (κ2) is 7.07. The quantitative estimate of drug-likeness (QED) is 0.688. The Hall–Kier alpha value is -3.03. The summed E-state index contributed by atoms with van der Waals surface area (Å²) < 4.78 is 53.0. The second-order valence-electron chi connectivity index (χ2n) is 5.63. The first-order valence-corrected chi connectivity index (χ1v) is 7.68. The third-order valence-electron chi connectivity index (χ3n) is 3.66. The van der Waals surface area contributed by atoms with Gasteiger partial charge in [-0.25, -0.2) is 14.4 Å². The van der Waals surface area contributed by atoms with Crippen LogP contribution in [0.15, 0.2) is 48.8 Å². The summed E-state index contributed by atoms with van der Waals surface area (Å²) in [7, 11) is 0. The van der Waals surface area contributed by atoms with Crippen LogP contribution in [0.4, 0.5) is 23.4 Å². The van der Waals surface area contributed by atoms with E-state index in [0.29, 0.717) is 16.7 Å². The van der Waals surface area contributed by atoms with Gasteiger partial charge in [-0.1, -0.05) is 12.1 Å². The average molecular weight is 362 g/mol. The molecule has 3 rings (SSSR count). The number of nitrogens with zero attached hydrogens (tertiary/aromatic N) is 3. The molecule has 8 heteroatoms. The lowest BCUT2D eigenvalue weighted by atomic mass is 10.1. The molecule has 2 aromatic heterocycles. The minimum absolute atomic E-state index is 0.000111. The van der Waals surface area contributed by atoms with Gasteiger partial charge in [-0.2, -0.15) is 13.2 Å². The third-order valence-corrected chi connectivity index (χ3v) is 3.66. The number of nitrogens with one attached hydrogen (secondary N) is 1. The maximum absolute atomic E-state index is 13.6. The van der Waals surface area contributed by atoms with Crippen molar-refractivity contribution >= 4 is 5.82 Å². The van der Waals surface area contributed by atoms with Crippen molar-refractivity contribution in [1.29, 1.82) is 0 Å². The van der Waals surface area contributed by atoms with Gasteiger partial charge in [0.05, 0.1) is 0 Å². The molecule has 26 heavy (non-hydrogen) atoms. The molecule has 134 valence electrons. The zero-order chi connectivity index (χ0) is 18.7. The first kappa shape index (κ1) is 17.8. The lowest BCUT2D eigenvalue weighted by Crippen LogP contribution is -2.12. The summed E-state index contributed by atoms with van der Waals surface area (Å²) >= 11 is 0. The molecular weight excluding hydrogens is 348 g/mol. The van der Waals surface area contributed by atoms with E-state index < -0.39 is 11.9 Å². The molecule has 0 amide bonds. The molecule has 1 N–H and O–H groups in total. The largest absolute Gasteiger partial charge is 0.433 e. The van der Waals surface area contributed by atoms with E-state index in [-0.39, 0.29) is 24.0 Å². The topological polar surface area (TPSA) is 50.7 Å². The molecular formula is C18H14F4N4. The number of alkyl halides is 3. The first-order chi connectivity index (χ1) is 12.3. The van der Waals surface area contributed by atoms with E-state index in [4.69, 9.17) is 0 Å². The van der Waals surface area contributed by atoms with Crippen LogP contribution >= 0.6 is 0 Å². The number of benzene rings is 1. The third kappa shape index (κ3) is 4.14. The van der Waals surface area contributed by atoms with Crippen molar-refractivity contribution in [2.75, 3.05) is 5.32 Å². The summed E-state index contributed by atoms with van der Waals surface area (Å²) in [6, 6.07) is 8.51. The fourth-order valence-corrected chi connectivity index (χ4v) is 2.25. The van der Waals surface area contributed by atoms with E-state index in [9.17, 15) is 17.6 Å². The molecule has 0 saturated carbocycles. The minimum atomic E-state index is -4.61. The van der Waals surface area contributed by atoms with Gasteiger partial charge in [-0.3, -0.25) is 4.98 Å². The number of hydrogen-bond donors (Lipinski definition) is 1. The van der Waals surface area contributed by atoms with Crippen molar-refractivity contribution < 1.29 is 17.6 Å². The molecule has 2 heterocycles. The zero-order valence-corrected chi connectivity index (χ0v) is 13.7. The smallest absolute Gasteiger partial charge is 0.366 e. The van der Waals surface area contributed by atoms with Crippen LogP contribution in [0.1, 0.15) is 16.8 Å². The molecule has 0 atom stereocenters. The molecule has 3 aromatic rings. The Bertz CT molecular complexity index is 911. The number of rotatable bonds is 4. The number of aryl methyl sites for hydroxylation is 1. The first-order valence-electron chi connectivity index (χ1n) is 7.68. The molecule has 0 fully saturated rings. The summed E-state index contributed by atoms with van der Waals surface area (Å²) in [5, 5.41) is 2.80. The molecule has 0 aliphatic heterocycles. The van der Waals surface area contributed by atoms with Crippen molar-refractivity contribution in [2.24, 2.45) is 0 Å². The van der Waals surface area contributed by atoms with Crippen LogP contribution in [-0.4, -0.2) is 15.0 Å². The van der Waals surface area contributed by atoms with E-state index in [0.717, 1.165) is 6.07 Å². The number of aromatic nitrogens is 3. The number of halogens is 4. The fourth-order valence-electron chi connectivity index (χ4n) is 2.25. The monoisotopic (exact) mass is 362 g/mol. The predicted octanol–water partition coefficient (Wildman–Crippen LogP) is 4.62. The minimum Gasteiger partial charge on any atom is -0.366 e. The van der Waals surface area contributed by atoms with Crippen molar-refractivity contribution in [2.45, 2.75) is 19.6 Å². The van der Waals surface area contributed by atoms with Gasteiger partial charge in [-0.05, 0) is 36.2 Å². The maximum atomic E-state index is 13.6. The molecule has 0 bridgehead atoms. The fraction of sp³-hybridized carbons (Fsp3) is 0.167. The molecule has 0 unspecified atom stereocenters. The van der Waals surface area contributed by atoms with E-state index in [1.807, 2.05) is 0 Å². The summed E-state index contributed by atoms with van der Waals surface area (Å²) in [5.41, 5.74) is 0.438. The van der Waals surface area contributed by atoms with Gasteiger partial charge in [0, 0.05) is 30.6 Å². The Balaban J connectivity index is 1.91. The average Bonchev–Trinajstić information content (AvgIpc) is 2.62. The van der Waals surface area contributed by atoms with Gasteiger partial charge >= 0.3 is 6.18 Å². The zero-order valence-electron chi connectivity index (χ0n) is 13.7. The van der Waals surface area contributed by atoms with E-state index in [1.165, 1.54) is 30.6 Å². The Morgan fingerprint density at radius 3 is 2.38 bits per heavy atom. The highest BCUT2D eigenvalue weighted by molar-refractivity contribution is 5.57. The Labute approximate surface area is 147 Å². The highest BCUT2D eigenvalue weighted by atomic mass is 19.4. The van der Waals surface area contributed by atoms with Crippen molar-refractivity contribution in [3.8, 4) is 11.4 Å². The maximum Gasteiger partial charge on any atom is 0.433 e. The van der Waals surface area contributed by atoms with E-state index in [2.05, 4.69) is 20.3 Å². The van der Waals surface area contributed by atoms with Crippen LogP contribution < -0.4 is 5.32 Å². The summed E-state index contributed by atoms with van der Waals surface area (Å²) in [6.07, 6.45) is -1.72. The Kier molecular flexibility index (Phi) is 4.83. The van der Waals surface area contributed by atoms with Crippen molar-refractivity contribution in [3.63, 3.8) is 0 Å². The number of hydrogen-bond acceptors (Lipinski definition) is 4. The molecule has 0 saturated heterocycles. The standard InChI is InChI=1S/C18H14F4N4/c1-11-2-3-12(8-14(11)19)10-24-16-9-15(18(20,21)22)25-17(26-16)13-4-6-23-7-5-13/h2-9H,10H2,1H3,(H,24,25,26). The van der Waals surface area contributed by atoms with Crippen LogP contribution in [-0.2, 0) is 12.7 Å². The van der Waals surface area contributed by atoms with Crippen LogP contribution in [0.2, 0.25) is 0 Å². The highest BCUT2D eigenvalue weighted by Gasteiger charge is 2.33. The SMILES string of the molecule is Cc1ccc(CNc2cc(C(F)(F)F)nc(-c3ccncc3)n2)cc1F. The summed E-state index contributed by atoms with van der Waals surface area (Å²) in [6.45, 7) is 1.76. The Morgan fingerprint density at radius 1 is 1.00 bits per heavy atom. The summed E-state index contributed by atoms with van der Waals surface area (Å²) in [4.78, 5) is 11.5. The lowest BCUT2D eigenvalue weighted by molar-refractivity contribution is -0.141. The van der Waals surface area contributed by atoms with Gasteiger partial charge in [0.2, 0.25) is 0 Å². The van der Waals surface area contributed by atoms with Crippen LogP contribution in [0.25, 0.3) is 11.4 Å². The van der Waals surface area contributed by atoms with E-state index in [1.54, 1.807) is 19.1 Å². The van der Waals surface area contributed by atoms with Gasteiger partial charge in [-0.15, -0.1) is 0 Å². The lowest BCUT2D eigenvalue weighted by Gasteiger charge is -2.12. The highest BCUT2D eigenvalue weighted by Crippen LogP contribution is 2.30. The molecule has 0 aliphatic rings. The normalized spacial score (nSPS) is 11.4. The predicted molar refractivity (Wildman–Crippen MR) is 88.7 cm³/mol. The van der Waals surface area contributed by atoms with Gasteiger partial charge in [0.25, 0.3) is 0 Å². The van der Waals surface area contributed by atoms with Gasteiger partial charge < -0.3 is 5.32 Å². The molecule has 0 radical (unpaired) electrons. The van der Waals surface area contributed by atoms with Crippen LogP contribution in [0.3, 0.4) is 0 Å². The van der Waals surface area contributed by atoms with E-state index >= 15 is 0 Å². The van der Waals surface area contributed by atoms with Crippen molar-refractivity contribution in [1.82, 2.24) is 15.0 Å². The molecule has 1 aromatic carbocycles. The Morgan fingerprint density at radius 2 is 1.73 bits per heavy atom. The number of pyridine rings is 1. The summed E-state index contributed by atoms with van der Waals surface area (Å²) in [5.74, 6) is -0.444. The van der Waals surface area contributed by atoms with Crippen LogP contribution in [0, 0.1) is 12.7 Å². The van der Waals surface area contributed by atoms with Gasteiger partial charge in [0.15, 0.2) is 11.5 Å². The number of anilines is 1. The van der Waals surface area contributed by atoms with Crippen LogP contribution in [0.5, 0.6) is 0 Å². The molecule has 0 aliphatic carbocycles. The van der Waals surface area contributed by atoms with Crippen molar-refractivity contribution in [3.05, 3.63) is 71.4 Å². The van der Waals surface area contributed by atoms with Gasteiger partial charge in [0.1, 0.15) is 11.6 Å². The molecule has 4 nitrogen and oxygen atoms in total. The second-order valence-corrected chi connectivity index (χ2v) is 5.63. The molecule has 0 spiro atoms.